The van der Waals surface area contributed by atoms with Crippen molar-refractivity contribution < 1.29 is 45.5 Å². The molecule has 43 heavy (non-hydrogen) atoms. The zero-order valence-corrected chi connectivity index (χ0v) is 22.6. The Bertz CT molecular complexity index is 1460. The Balaban J connectivity index is 1.52. The molecule has 3 aromatic carbocycles. The van der Waals surface area contributed by atoms with Crippen molar-refractivity contribution in [2.75, 3.05) is 32.1 Å². The minimum Gasteiger partial charge on any atom is -0.497 e. The molecule has 0 saturated carbocycles. The second kappa shape index (κ2) is 12.6. The Kier molecular flexibility index (Phi) is 9.16. The first-order chi connectivity index (χ1) is 20.3. The maximum Gasteiger partial charge on any atom is 0.416 e. The van der Waals surface area contributed by atoms with Gasteiger partial charge in [-0.1, -0.05) is 12.1 Å². The van der Waals surface area contributed by atoms with Crippen molar-refractivity contribution in [3.63, 3.8) is 0 Å². The molecule has 4 rings (SSSR count). The van der Waals surface area contributed by atoms with Crippen molar-refractivity contribution in [2.24, 2.45) is 0 Å². The molecule has 1 aliphatic heterocycles. The van der Waals surface area contributed by atoms with Gasteiger partial charge in [0.15, 0.2) is 0 Å². The summed E-state index contributed by atoms with van der Waals surface area (Å²) in [7, 11) is 1.48. The lowest BCUT2D eigenvalue weighted by molar-refractivity contribution is -0.138. The minimum absolute atomic E-state index is 0.0482. The molecule has 8 nitrogen and oxygen atoms in total. The second-order valence-electron chi connectivity index (χ2n) is 9.61. The summed E-state index contributed by atoms with van der Waals surface area (Å²) in [6.45, 7) is -0.439. The van der Waals surface area contributed by atoms with Gasteiger partial charge in [-0.05, 0) is 66.2 Å². The predicted molar refractivity (Wildman–Crippen MR) is 143 cm³/mol. The fourth-order valence-corrected chi connectivity index (χ4v) is 4.44. The number of methoxy groups -OCH3 is 1. The number of alkyl halides is 6. The average molecular weight is 609 g/mol. The van der Waals surface area contributed by atoms with E-state index in [1.54, 1.807) is 24.3 Å². The molecule has 228 valence electrons. The number of nitrogens with one attached hydrogen (secondary N) is 2. The van der Waals surface area contributed by atoms with E-state index in [9.17, 15) is 40.7 Å². The fraction of sp³-hybridized carbons (Fsp3) is 0.276. The van der Waals surface area contributed by atoms with E-state index in [0.29, 0.717) is 11.3 Å². The Morgan fingerprint density at radius 3 is 2.05 bits per heavy atom. The van der Waals surface area contributed by atoms with Gasteiger partial charge >= 0.3 is 18.4 Å². The van der Waals surface area contributed by atoms with E-state index >= 15 is 0 Å². The quantitative estimate of drug-likeness (QED) is 0.367. The molecular formula is C29H26F6N4O4. The van der Waals surface area contributed by atoms with Crippen LogP contribution in [-0.4, -0.2) is 60.4 Å². The SMILES string of the molecule is COc1cccc(CNC(=O)C2CN(C(=O)Nc3ccc(C(F)(F)F)cc3)CCN2C(=O)c2ccc(C(F)(F)F)cc2)c1. The number of anilines is 1. The summed E-state index contributed by atoms with van der Waals surface area (Å²) < 4.78 is 82.8. The largest absolute Gasteiger partial charge is 0.497 e. The lowest BCUT2D eigenvalue weighted by atomic mass is 10.1. The van der Waals surface area contributed by atoms with Crippen LogP contribution in [0.15, 0.2) is 72.8 Å². The first-order valence-corrected chi connectivity index (χ1v) is 12.9. The third-order valence-corrected chi connectivity index (χ3v) is 6.75. The highest BCUT2D eigenvalue weighted by atomic mass is 19.4. The summed E-state index contributed by atoms with van der Waals surface area (Å²) in [5.74, 6) is -0.789. The van der Waals surface area contributed by atoms with Crippen LogP contribution in [0, 0.1) is 0 Å². The topological polar surface area (TPSA) is 91.0 Å². The zero-order valence-electron chi connectivity index (χ0n) is 22.6. The summed E-state index contributed by atoms with van der Waals surface area (Å²) >= 11 is 0. The van der Waals surface area contributed by atoms with Crippen LogP contribution in [0.2, 0.25) is 0 Å². The molecule has 1 atom stereocenters. The van der Waals surface area contributed by atoms with E-state index in [-0.39, 0.29) is 37.4 Å². The lowest BCUT2D eigenvalue weighted by Crippen LogP contribution is -2.62. The molecule has 1 heterocycles. The van der Waals surface area contributed by atoms with Gasteiger partial charge in [0, 0.05) is 30.9 Å². The number of hydrogen-bond donors (Lipinski definition) is 2. The van der Waals surface area contributed by atoms with Gasteiger partial charge in [-0.25, -0.2) is 4.79 Å². The number of carbonyl (C=O) groups excluding carboxylic acids is 3. The van der Waals surface area contributed by atoms with Crippen LogP contribution in [0.5, 0.6) is 5.75 Å². The molecule has 3 aromatic rings. The van der Waals surface area contributed by atoms with Crippen LogP contribution >= 0.6 is 0 Å². The fourth-order valence-electron chi connectivity index (χ4n) is 4.44. The molecule has 1 saturated heterocycles. The van der Waals surface area contributed by atoms with Crippen LogP contribution in [0.25, 0.3) is 0 Å². The molecular weight excluding hydrogens is 582 g/mol. The number of piperazine rings is 1. The standard InChI is InChI=1S/C29H26F6N4O4/c1-43-23-4-2-3-18(15-23)16-36-25(40)24-17-38(27(42)37-22-11-9-21(10-12-22)29(33,34)35)13-14-39(24)26(41)19-5-7-20(8-6-19)28(30,31)32/h2-12,15,24H,13-14,16-17H2,1H3,(H,36,40)(H,37,42). The summed E-state index contributed by atoms with van der Waals surface area (Å²) in [6, 6.07) is 12.3. The van der Waals surface area contributed by atoms with Crippen LogP contribution in [0.1, 0.15) is 27.0 Å². The van der Waals surface area contributed by atoms with Gasteiger partial charge < -0.3 is 25.2 Å². The molecule has 0 aliphatic carbocycles. The molecule has 0 radical (unpaired) electrons. The number of nitrogens with zero attached hydrogens (tertiary/aromatic N) is 2. The first kappa shape index (κ1) is 31.2. The van der Waals surface area contributed by atoms with Crippen LogP contribution < -0.4 is 15.4 Å². The number of halogens is 6. The molecule has 4 amide bonds. The number of amides is 4. The molecule has 14 heteroatoms. The number of rotatable bonds is 6. The molecule has 0 bridgehead atoms. The highest BCUT2D eigenvalue weighted by molar-refractivity contribution is 5.98. The lowest BCUT2D eigenvalue weighted by Gasteiger charge is -2.40. The number of carbonyl (C=O) groups is 3. The van der Waals surface area contributed by atoms with Crippen molar-refractivity contribution in [3.05, 3.63) is 95.1 Å². The van der Waals surface area contributed by atoms with Gasteiger partial charge in [0.1, 0.15) is 11.8 Å². The Hall–Kier alpha value is -4.75. The van der Waals surface area contributed by atoms with Crippen molar-refractivity contribution in [1.82, 2.24) is 15.1 Å². The monoisotopic (exact) mass is 608 g/mol. The zero-order chi connectivity index (χ0) is 31.4. The molecule has 0 spiro atoms. The highest BCUT2D eigenvalue weighted by Gasteiger charge is 2.38. The van der Waals surface area contributed by atoms with Crippen molar-refractivity contribution >= 4 is 23.5 Å². The Morgan fingerprint density at radius 1 is 0.860 bits per heavy atom. The van der Waals surface area contributed by atoms with E-state index in [2.05, 4.69) is 10.6 Å². The highest BCUT2D eigenvalue weighted by Crippen LogP contribution is 2.31. The van der Waals surface area contributed by atoms with Gasteiger partial charge in [0.2, 0.25) is 5.91 Å². The maximum atomic E-state index is 13.4. The van der Waals surface area contributed by atoms with E-state index in [0.717, 1.165) is 48.5 Å². The first-order valence-electron chi connectivity index (χ1n) is 12.9. The number of benzene rings is 3. The van der Waals surface area contributed by atoms with Crippen molar-refractivity contribution in [1.29, 1.82) is 0 Å². The van der Waals surface area contributed by atoms with Gasteiger partial charge in [-0.2, -0.15) is 26.3 Å². The third kappa shape index (κ3) is 7.76. The third-order valence-electron chi connectivity index (χ3n) is 6.75. The second-order valence-corrected chi connectivity index (χ2v) is 9.61. The molecule has 1 fully saturated rings. The molecule has 1 aliphatic rings. The maximum absolute atomic E-state index is 13.4. The van der Waals surface area contributed by atoms with Gasteiger partial charge in [0.25, 0.3) is 5.91 Å². The average Bonchev–Trinajstić information content (AvgIpc) is 2.98. The summed E-state index contributed by atoms with van der Waals surface area (Å²) in [5, 5.41) is 5.19. The van der Waals surface area contributed by atoms with Gasteiger partial charge in [0.05, 0.1) is 24.8 Å². The van der Waals surface area contributed by atoms with E-state index in [1.807, 2.05) is 0 Å². The van der Waals surface area contributed by atoms with Crippen LogP contribution in [-0.2, 0) is 23.7 Å². The van der Waals surface area contributed by atoms with Crippen LogP contribution in [0.4, 0.5) is 36.8 Å². The number of hydrogen-bond acceptors (Lipinski definition) is 4. The number of urea groups is 1. The van der Waals surface area contributed by atoms with Crippen molar-refractivity contribution in [3.8, 4) is 5.75 Å². The van der Waals surface area contributed by atoms with E-state index in [4.69, 9.17) is 4.74 Å². The Labute approximate surface area is 242 Å². The number of ether oxygens (including phenoxy) is 1. The normalized spacial score (nSPS) is 15.6. The summed E-state index contributed by atoms with van der Waals surface area (Å²) in [5.41, 5.74) is -1.15. The summed E-state index contributed by atoms with van der Waals surface area (Å²) in [4.78, 5) is 42.1. The molecule has 1 unspecified atom stereocenters. The molecule has 2 N–H and O–H groups in total. The van der Waals surface area contributed by atoms with E-state index < -0.39 is 47.4 Å². The minimum atomic E-state index is -4.60. The smallest absolute Gasteiger partial charge is 0.416 e. The molecule has 0 aromatic heterocycles. The Morgan fingerprint density at radius 2 is 1.47 bits per heavy atom. The van der Waals surface area contributed by atoms with E-state index in [1.165, 1.54) is 16.9 Å². The van der Waals surface area contributed by atoms with Gasteiger partial charge in [-0.15, -0.1) is 0 Å². The summed E-state index contributed by atoms with van der Waals surface area (Å²) in [6.07, 6.45) is -9.15. The predicted octanol–water partition coefficient (Wildman–Crippen LogP) is 5.41. The van der Waals surface area contributed by atoms with Crippen LogP contribution in [0.3, 0.4) is 0 Å². The van der Waals surface area contributed by atoms with Gasteiger partial charge in [-0.3, -0.25) is 9.59 Å². The van der Waals surface area contributed by atoms with Crippen molar-refractivity contribution in [2.45, 2.75) is 24.9 Å².